The van der Waals surface area contributed by atoms with Crippen molar-refractivity contribution in [3.05, 3.63) is 28.8 Å². The fourth-order valence-electron chi connectivity index (χ4n) is 1.40. The molecule has 0 saturated carbocycles. The number of rotatable bonds is 3. The zero-order chi connectivity index (χ0) is 15.6. The van der Waals surface area contributed by atoms with Crippen LogP contribution in [-0.4, -0.2) is 20.1 Å². The number of amides is 1. The largest absolute Gasteiger partial charge is 0.444 e. The zero-order valence-corrected chi connectivity index (χ0v) is 13.6. The van der Waals surface area contributed by atoms with Gasteiger partial charge < -0.3 is 4.74 Å². The van der Waals surface area contributed by atoms with Crippen LogP contribution in [0.25, 0.3) is 0 Å². The van der Waals surface area contributed by atoms with Crippen LogP contribution in [-0.2, 0) is 19.5 Å². The van der Waals surface area contributed by atoms with Crippen LogP contribution < -0.4 is 5.32 Å². The molecule has 1 N–H and O–H groups in total. The number of nitrogens with one attached hydrogen (secondary N) is 1. The molecule has 0 unspecified atom stereocenters. The lowest BCUT2D eigenvalue weighted by Crippen LogP contribution is -2.27. The molecule has 20 heavy (non-hydrogen) atoms. The monoisotopic (exact) mass is 339 g/mol. The molecule has 8 heteroatoms. The van der Waals surface area contributed by atoms with Crippen LogP contribution in [0.5, 0.6) is 0 Å². The number of carbonyl (C=O) groups excluding carboxylic acids is 1. The molecular formula is C12H15Cl2NO4S. The molecule has 0 aliphatic carbocycles. The number of carbonyl (C=O) groups is 1. The van der Waals surface area contributed by atoms with E-state index in [2.05, 4.69) is 5.32 Å². The Balaban J connectivity index is 2.98. The zero-order valence-electron chi connectivity index (χ0n) is 11.2. The lowest BCUT2D eigenvalue weighted by Gasteiger charge is -2.20. The Morgan fingerprint density at radius 1 is 1.35 bits per heavy atom. The summed E-state index contributed by atoms with van der Waals surface area (Å²) < 4.78 is 27.4. The second-order valence-corrected chi connectivity index (χ2v) is 8.32. The molecule has 1 amide bonds. The first-order valence-electron chi connectivity index (χ1n) is 5.67. The van der Waals surface area contributed by atoms with E-state index in [1.807, 2.05) is 0 Å². The van der Waals surface area contributed by atoms with Gasteiger partial charge in [-0.1, -0.05) is 11.6 Å². The van der Waals surface area contributed by atoms with Gasteiger partial charge in [-0.25, -0.2) is 13.2 Å². The van der Waals surface area contributed by atoms with E-state index in [0.717, 1.165) is 0 Å². The lowest BCUT2D eigenvalue weighted by atomic mass is 10.2. The minimum absolute atomic E-state index is 0.285. The topological polar surface area (TPSA) is 72.5 Å². The molecule has 112 valence electrons. The van der Waals surface area contributed by atoms with Gasteiger partial charge in [0.2, 0.25) is 9.05 Å². The van der Waals surface area contributed by atoms with Gasteiger partial charge in [0.1, 0.15) is 5.60 Å². The summed E-state index contributed by atoms with van der Waals surface area (Å²) in [6.45, 7) is 5.16. The molecule has 0 radical (unpaired) electrons. The Morgan fingerprint density at radius 3 is 2.45 bits per heavy atom. The van der Waals surface area contributed by atoms with E-state index in [-0.39, 0.29) is 5.69 Å². The molecule has 0 atom stereocenters. The molecule has 0 fully saturated rings. The highest BCUT2D eigenvalue weighted by Gasteiger charge is 2.18. The molecule has 1 aromatic rings. The SMILES string of the molecule is CC(C)(C)OC(=O)Nc1ccc(Cl)cc1CS(=O)(=O)Cl. The number of benzene rings is 1. The minimum atomic E-state index is -3.77. The third-order valence-electron chi connectivity index (χ3n) is 2.03. The maximum absolute atomic E-state index is 11.7. The van der Waals surface area contributed by atoms with Gasteiger partial charge in [-0.15, -0.1) is 0 Å². The average molecular weight is 340 g/mol. The quantitative estimate of drug-likeness (QED) is 0.851. The van der Waals surface area contributed by atoms with Crippen molar-refractivity contribution < 1.29 is 17.9 Å². The Bertz CT molecular complexity index is 608. The molecule has 0 saturated heterocycles. The summed E-state index contributed by atoms with van der Waals surface area (Å²) >= 11 is 5.81. The van der Waals surface area contributed by atoms with Gasteiger partial charge in [0.05, 0.1) is 5.75 Å². The van der Waals surface area contributed by atoms with Gasteiger partial charge in [0, 0.05) is 21.4 Å². The van der Waals surface area contributed by atoms with E-state index in [1.165, 1.54) is 18.2 Å². The van der Waals surface area contributed by atoms with Crippen molar-refractivity contribution in [3.63, 3.8) is 0 Å². The maximum atomic E-state index is 11.7. The number of halogens is 2. The predicted octanol–water partition coefficient (Wildman–Crippen LogP) is 3.76. The van der Waals surface area contributed by atoms with E-state index < -0.39 is 26.5 Å². The van der Waals surface area contributed by atoms with Gasteiger partial charge >= 0.3 is 6.09 Å². The number of ether oxygens (including phenoxy) is 1. The predicted molar refractivity (Wildman–Crippen MR) is 79.8 cm³/mol. The van der Waals surface area contributed by atoms with Crippen molar-refractivity contribution in [1.82, 2.24) is 0 Å². The summed E-state index contributed by atoms with van der Waals surface area (Å²) in [5.41, 5.74) is -0.0823. The van der Waals surface area contributed by atoms with Gasteiger partial charge in [0.25, 0.3) is 0 Å². The Morgan fingerprint density at radius 2 is 1.95 bits per heavy atom. The summed E-state index contributed by atoms with van der Waals surface area (Å²) in [6.07, 6.45) is -0.687. The highest BCUT2D eigenvalue weighted by Crippen LogP contribution is 2.24. The molecule has 0 aliphatic rings. The number of hydrogen-bond donors (Lipinski definition) is 1. The Kier molecular flexibility index (Phi) is 5.29. The van der Waals surface area contributed by atoms with Crippen molar-refractivity contribution in [3.8, 4) is 0 Å². The summed E-state index contributed by atoms with van der Waals surface area (Å²) in [5, 5.41) is 2.82. The summed E-state index contributed by atoms with van der Waals surface area (Å²) in [6, 6.07) is 4.44. The molecule has 0 aliphatic heterocycles. The van der Waals surface area contributed by atoms with Crippen LogP contribution in [0.2, 0.25) is 5.02 Å². The van der Waals surface area contributed by atoms with Crippen LogP contribution in [0.3, 0.4) is 0 Å². The fraction of sp³-hybridized carbons (Fsp3) is 0.417. The second-order valence-electron chi connectivity index (χ2n) is 5.11. The van der Waals surface area contributed by atoms with Crippen molar-refractivity contribution >= 4 is 43.1 Å². The Hall–Kier alpha value is -0.980. The van der Waals surface area contributed by atoms with Crippen LogP contribution in [0.4, 0.5) is 10.5 Å². The fourth-order valence-corrected chi connectivity index (χ4v) is 2.56. The van der Waals surface area contributed by atoms with Crippen LogP contribution >= 0.6 is 22.3 Å². The maximum Gasteiger partial charge on any atom is 0.412 e. The molecular weight excluding hydrogens is 325 g/mol. The number of hydrogen-bond acceptors (Lipinski definition) is 4. The van der Waals surface area contributed by atoms with Crippen LogP contribution in [0.15, 0.2) is 18.2 Å². The van der Waals surface area contributed by atoms with Gasteiger partial charge in [-0.05, 0) is 44.5 Å². The normalized spacial score (nSPS) is 12.1. The van der Waals surface area contributed by atoms with Crippen LogP contribution in [0.1, 0.15) is 26.3 Å². The molecule has 1 aromatic carbocycles. The first kappa shape index (κ1) is 17.1. The smallest absolute Gasteiger partial charge is 0.412 e. The van der Waals surface area contributed by atoms with E-state index >= 15 is 0 Å². The second kappa shape index (κ2) is 6.20. The summed E-state index contributed by atoms with van der Waals surface area (Å²) in [4.78, 5) is 11.7. The van der Waals surface area contributed by atoms with Gasteiger partial charge in [-0.2, -0.15) is 0 Å². The van der Waals surface area contributed by atoms with Crippen molar-refractivity contribution in [2.24, 2.45) is 0 Å². The van der Waals surface area contributed by atoms with Crippen molar-refractivity contribution in [2.75, 3.05) is 5.32 Å². The van der Waals surface area contributed by atoms with Crippen molar-refractivity contribution in [2.45, 2.75) is 32.1 Å². The molecule has 0 aromatic heterocycles. The third kappa shape index (κ3) is 6.45. The standard InChI is InChI=1S/C12H15Cl2NO4S/c1-12(2,3)19-11(16)15-10-5-4-9(13)6-8(10)7-20(14,17)18/h4-6H,7H2,1-3H3,(H,15,16). The first-order valence-corrected chi connectivity index (χ1v) is 8.53. The highest BCUT2D eigenvalue weighted by molar-refractivity contribution is 8.13. The Labute approximate surface area is 127 Å². The van der Waals surface area contributed by atoms with Gasteiger partial charge in [-0.3, -0.25) is 5.32 Å². The lowest BCUT2D eigenvalue weighted by molar-refractivity contribution is 0.0636. The molecule has 0 bridgehead atoms. The molecule has 1 rings (SSSR count). The molecule has 5 nitrogen and oxygen atoms in total. The van der Waals surface area contributed by atoms with Crippen molar-refractivity contribution in [1.29, 1.82) is 0 Å². The van der Waals surface area contributed by atoms with E-state index in [1.54, 1.807) is 20.8 Å². The summed E-state index contributed by atoms with van der Waals surface area (Å²) in [5.74, 6) is -0.444. The van der Waals surface area contributed by atoms with E-state index in [9.17, 15) is 13.2 Å². The van der Waals surface area contributed by atoms with E-state index in [4.69, 9.17) is 27.0 Å². The first-order chi connectivity index (χ1) is 8.96. The molecule has 0 spiro atoms. The third-order valence-corrected chi connectivity index (χ3v) is 3.25. The summed E-state index contributed by atoms with van der Waals surface area (Å²) in [7, 11) is 1.45. The molecule has 0 heterocycles. The minimum Gasteiger partial charge on any atom is -0.444 e. The number of anilines is 1. The van der Waals surface area contributed by atoms with E-state index in [0.29, 0.717) is 10.6 Å². The van der Waals surface area contributed by atoms with Gasteiger partial charge in [0.15, 0.2) is 0 Å². The average Bonchev–Trinajstić information content (AvgIpc) is 2.17. The highest BCUT2D eigenvalue weighted by atomic mass is 35.7. The van der Waals surface area contributed by atoms with Crippen LogP contribution in [0, 0.1) is 0 Å².